The topological polar surface area (TPSA) is 12.0 Å². The van der Waals surface area contributed by atoms with E-state index in [9.17, 15) is 4.39 Å². The molecule has 2 rings (SSSR count). The van der Waals surface area contributed by atoms with Gasteiger partial charge in [-0.05, 0) is 31.0 Å². The lowest BCUT2D eigenvalue weighted by atomic mass is 9.80. The van der Waals surface area contributed by atoms with Crippen LogP contribution in [-0.4, -0.2) is 12.6 Å². The fourth-order valence-corrected chi connectivity index (χ4v) is 2.79. The predicted molar refractivity (Wildman–Crippen MR) is 65.1 cm³/mol. The summed E-state index contributed by atoms with van der Waals surface area (Å²) in [5, 5.41) is 3.49. The van der Waals surface area contributed by atoms with E-state index >= 15 is 0 Å². The average molecular weight is 221 g/mol. The highest BCUT2D eigenvalue weighted by Gasteiger charge is 2.27. The highest BCUT2D eigenvalue weighted by atomic mass is 19.1. The van der Waals surface area contributed by atoms with Gasteiger partial charge in [-0.25, -0.2) is 4.39 Å². The molecule has 1 aromatic rings. The fraction of sp³-hybridized carbons (Fsp3) is 0.571. The summed E-state index contributed by atoms with van der Waals surface area (Å²) >= 11 is 0. The summed E-state index contributed by atoms with van der Waals surface area (Å²) in [6.07, 6.45) is 4.77. The number of nitrogens with one attached hydrogen (secondary N) is 1. The normalized spacial score (nSPS) is 25.6. The maximum Gasteiger partial charge on any atom is 0.126 e. The van der Waals surface area contributed by atoms with Crippen molar-refractivity contribution in [3.63, 3.8) is 0 Å². The molecule has 1 nitrogen and oxygen atoms in total. The van der Waals surface area contributed by atoms with Gasteiger partial charge in [0.25, 0.3) is 0 Å². The second-order valence-electron chi connectivity index (χ2n) is 4.58. The van der Waals surface area contributed by atoms with Gasteiger partial charge in [0.2, 0.25) is 0 Å². The van der Waals surface area contributed by atoms with Gasteiger partial charge < -0.3 is 5.32 Å². The van der Waals surface area contributed by atoms with Crippen molar-refractivity contribution in [2.24, 2.45) is 0 Å². The molecular weight excluding hydrogens is 201 g/mol. The Bertz CT molecular complexity index is 335. The zero-order chi connectivity index (χ0) is 11.4. The largest absolute Gasteiger partial charge is 0.314 e. The Hall–Kier alpha value is -0.890. The number of hydrogen-bond donors (Lipinski definition) is 1. The Morgan fingerprint density at radius 1 is 1.25 bits per heavy atom. The van der Waals surface area contributed by atoms with Crippen LogP contribution in [-0.2, 0) is 0 Å². The molecule has 0 saturated heterocycles. The van der Waals surface area contributed by atoms with Gasteiger partial charge in [-0.2, -0.15) is 0 Å². The SMILES string of the molecule is CCNC1CCCCC1c1ccccc1F. The van der Waals surface area contributed by atoms with E-state index in [0.717, 1.165) is 18.5 Å². The summed E-state index contributed by atoms with van der Waals surface area (Å²) in [4.78, 5) is 0. The molecule has 0 amide bonds. The lowest BCUT2D eigenvalue weighted by Crippen LogP contribution is -2.37. The van der Waals surface area contributed by atoms with Crippen molar-refractivity contribution >= 4 is 0 Å². The van der Waals surface area contributed by atoms with E-state index in [2.05, 4.69) is 12.2 Å². The van der Waals surface area contributed by atoms with E-state index in [0.29, 0.717) is 12.0 Å². The molecule has 1 N–H and O–H groups in total. The molecule has 0 spiro atoms. The Balaban J connectivity index is 2.19. The van der Waals surface area contributed by atoms with Crippen molar-refractivity contribution in [1.82, 2.24) is 5.32 Å². The van der Waals surface area contributed by atoms with Gasteiger partial charge in [0.1, 0.15) is 5.82 Å². The third-order valence-electron chi connectivity index (χ3n) is 3.54. The second kappa shape index (κ2) is 5.44. The Morgan fingerprint density at radius 2 is 2.00 bits per heavy atom. The zero-order valence-corrected chi connectivity index (χ0v) is 9.88. The number of likely N-dealkylation sites (N-methyl/N-ethyl adjacent to an activating group) is 1. The van der Waals surface area contributed by atoms with Crippen molar-refractivity contribution in [3.05, 3.63) is 35.6 Å². The van der Waals surface area contributed by atoms with Crippen LogP contribution in [0.5, 0.6) is 0 Å². The van der Waals surface area contributed by atoms with Crippen LogP contribution in [0.1, 0.15) is 44.1 Å². The molecule has 1 aliphatic rings. The van der Waals surface area contributed by atoms with Gasteiger partial charge in [-0.1, -0.05) is 38.0 Å². The first-order valence-electron chi connectivity index (χ1n) is 6.30. The minimum Gasteiger partial charge on any atom is -0.314 e. The summed E-state index contributed by atoms with van der Waals surface area (Å²) in [5.74, 6) is 0.312. The van der Waals surface area contributed by atoms with Crippen LogP contribution in [0.3, 0.4) is 0 Å². The first kappa shape index (κ1) is 11.6. The monoisotopic (exact) mass is 221 g/mol. The maximum atomic E-state index is 13.8. The predicted octanol–water partition coefficient (Wildman–Crippen LogP) is 3.46. The number of rotatable bonds is 3. The highest BCUT2D eigenvalue weighted by molar-refractivity contribution is 5.24. The molecule has 1 aliphatic carbocycles. The van der Waals surface area contributed by atoms with Crippen molar-refractivity contribution in [1.29, 1.82) is 0 Å². The van der Waals surface area contributed by atoms with E-state index in [-0.39, 0.29) is 5.82 Å². The van der Waals surface area contributed by atoms with Crippen LogP contribution in [0.15, 0.2) is 24.3 Å². The molecule has 2 heteroatoms. The van der Waals surface area contributed by atoms with Crippen LogP contribution in [0.4, 0.5) is 4.39 Å². The van der Waals surface area contributed by atoms with Crippen LogP contribution >= 0.6 is 0 Å². The first-order valence-corrected chi connectivity index (χ1v) is 6.30. The maximum absolute atomic E-state index is 13.8. The molecule has 88 valence electrons. The summed E-state index contributed by atoms with van der Waals surface area (Å²) in [5.41, 5.74) is 0.896. The zero-order valence-electron chi connectivity index (χ0n) is 9.88. The molecule has 1 aromatic carbocycles. The fourth-order valence-electron chi connectivity index (χ4n) is 2.79. The summed E-state index contributed by atoms with van der Waals surface area (Å²) in [6.45, 7) is 3.09. The van der Waals surface area contributed by atoms with Crippen LogP contribution in [0.2, 0.25) is 0 Å². The molecule has 0 heterocycles. The molecule has 0 aliphatic heterocycles. The third kappa shape index (κ3) is 2.43. The van der Waals surface area contributed by atoms with Crippen LogP contribution < -0.4 is 5.32 Å². The molecular formula is C14H20FN. The number of hydrogen-bond acceptors (Lipinski definition) is 1. The van der Waals surface area contributed by atoms with Gasteiger partial charge in [0, 0.05) is 12.0 Å². The standard InChI is InChI=1S/C14H20FN/c1-2-16-14-10-6-4-8-12(14)11-7-3-5-9-13(11)15/h3,5,7,9,12,14,16H,2,4,6,8,10H2,1H3. The van der Waals surface area contributed by atoms with Gasteiger partial charge in [-0.15, -0.1) is 0 Å². The van der Waals surface area contributed by atoms with E-state index in [4.69, 9.17) is 0 Å². The Kier molecular flexibility index (Phi) is 3.94. The van der Waals surface area contributed by atoms with Crippen molar-refractivity contribution in [3.8, 4) is 0 Å². The Morgan fingerprint density at radius 3 is 2.75 bits per heavy atom. The summed E-state index contributed by atoms with van der Waals surface area (Å²) < 4.78 is 13.8. The lowest BCUT2D eigenvalue weighted by molar-refractivity contribution is 0.326. The van der Waals surface area contributed by atoms with E-state index in [1.165, 1.54) is 19.3 Å². The van der Waals surface area contributed by atoms with E-state index in [1.54, 1.807) is 12.1 Å². The molecule has 1 saturated carbocycles. The van der Waals surface area contributed by atoms with Gasteiger partial charge in [-0.3, -0.25) is 0 Å². The minimum atomic E-state index is -0.0442. The first-order chi connectivity index (χ1) is 7.83. The van der Waals surface area contributed by atoms with Crippen molar-refractivity contribution in [2.45, 2.75) is 44.6 Å². The van der Waals surface area contributed by atoms with Gasteiger partial charge in [0.05, 0.1) is 0 Å². The highest BCUT2D eigenvalue weighted by Crippen LogP contribution is 2.34. The molecule has 1 fully saturated rings. The third-order valence-corrected chi connectivity index (χ3v) is 3.54. The van der Waals surface area contributed by atoms with E-state index < -0.39 is 0 Å². The van der Waals surface area contributed by atoms with Crippen molar-refractivity contribution in [2.75, 3.05) is 6.54 Å². The number of benzene rings is 1. The molecule has 0 radical (unpaired) electrons. The minimum absolute atomic E-state index is 0.0442. The van der Waals surface area contributed by atoms with Crippen molar-refractivity contribution < 1.29 is 4.39 Å². The van der Waals surface area contributed by atoms with Gasteiger partial charge in [0.15, 0.2) is 0 Å². The number of halogens is 1. The van der Waals surface area contributed by atoms with Gasteiger partial charge >= 0.3 is 0 Å². The average Bonchev–Trinajstić information content (AvgIpc) is 2.31. The van der Waals surface area contributed by atoms with Crippen LogP contribution in [0, 0.1) is 5.82 Å². The van der Waals surface area contributed by atoms with Crippen LogP contribution in [0.25, 0.3) is 0 Å². The summed E-state index contributed by atoms with van der Waals surface area (Å²) in [7, 11) is 0. The molecule has 2 atom stereocenters. The smallest absolute Gasteiger partial charge is 0.126 e. The quantitative estimate of drug-likeness (QED) is 0.824. The summed E-state index contributed by atoms with van der Waals surface area (Å²) in [6, 6.07) is 7.68. The lowest BCUT2D eigenvalue weighted by Gasteiger charge is -2.32. The van der Waals surface area contributed by atoms with E-state index in [1.807, 2.05) is 12.1 Å². The second-order valence-corrected chi connectivity index (χ2v) is 4.58. The molecule has 16 heavy (non-hydrogen) atoms. The molecule has 0 aromatic heterocycles. The molecule has 0 bridgehead atoms. The Labute approximate surface area is 97.1 Å². The molecule has 2 unspecified atom stereocenters.